The molecule has 2 heterocycles. The molecule has 3 aromatic rings. The van der Waals surface area contributed by atoms with E-state index >= 15 is 0 Å². The molecule has 1 aliphatic rings. The Hall–Kier alpha value is -4.12. The Bertz CT molecular complexity index is 1230. The van der Waals surface area contributed by atoms with Crippen LogP contribution in [-0.4, -0.2) is 40.1 Å². The summed E-state index contributed by atoms with van der Waals surface area (Å²) in [5.41, 5.74) is 1.01. The zero-order valence-corrected chi connectivity index (χ0v) is 18.4. The predicted molar refractivity (Wildman–Crippen MR) is 124 cm³/mol. The number of pyridine rings is 1. The van der Waals surface area contributed by atoms with E-state index in [2.05, 4.69) is 20.9 Å². The number of aromatic nitrogens is 1. The van der Waals surface area contributed by atoms with E-state index in [0.29, 0.717) is 42.4 Å². The molecule has 0 atom stereocenters. The van der Waals surface area contributed by atoms with E-state index in [1.807, 2.05) is 0 Å². The fourth-order valence-corrected chi connectivity index (χ4v) is 3.68. The molecule has 3 amide bonds. The molecule has 0 spiro atoms. The van der Waals surface area contributed by atoms with Crippen LogP contribution in [-0.2, 0) is 12.7 Å². The van der Waals surface area contributed by atoms with Crippen molar-refractivity contribution < 1.29 is 27.9 Å². The number of carbonyl (C=O) groups is 2. The molecule has 4 N–H and O–H groups in total. The lowest BCUT2D eigenvalue weighted by atomic mass is 10.1. The van der Waals surface area contributed by atoms with Crippen LogP contribution in [0.5, 0.6) is 0 Å². The Balaban J connectivity index is 1.47. The van der Waals surface area contributed by atoms with Gasteiger partial charge in [-0.15, -0.1) is 0 Å². The van der Waals surface area contributed by atoms with E-state index in [4.69, 9.17) is 5.11 Å². The quantitative estimate of drug-likeness (QED) is 0.384. The first-order valence-electron chi connectivity index (χ1n) is 10.8. The van der Waals surface area contributed by atoms with Crippen molar-refractivity contribution in [3.05, 3.63) is 77.5 Å². The van der Waals surface area contributed by atoms with Gasteiger partial charge in [0.1, 0.15) is 5.82 Å². The average Bonchev–Trinajstić information content (AvgIpc) is 2.83. The fourth-order valence-electron chi connectivity index (χ4n) is 3.68. The van der Waals surface area contributed by atoms with E-state index in [0.717, 1.165) is 17.7 Å². The van der Waals surface area contributed by atoms with Crippen LogP contribution < -0.4 is 16.0 Å². The van der Waals surface area contributed by atoms with Crippen LogP contribution in [0.3, 0.4) is 0 Å². The van der Waals surface area contributed by atoms with Gasteiger partial charge in [-0.2, -0.15) is 13.2 Å². The van der Waals surface area contributed by atoms with Gasteiger partial charge in [0, 0.05) is 42.0 Å². The summed E-state index contributed by atoms with van der Waals surface area (Å²) in [7, 11) is 0. The van der Waals surface area contributed by atoms with Gasteiger partial charge in [-0.3, -0.25) is 10.1 Å². The summed E-state index contributed by atoms with van der Waals surface area (Å²) in [6, 6.07) is 12.5. The fraction of sp³-hybridized carbons (Fsp3) is 0.208. The first-order chi connectivity index (χ1) is 16.8. The van der Waals surface area contributed by atoms with Crippen LogP contribution in [0.1, 0.15) is 27.9 Å². The van der Waals surface area contributed by atoms with Crippen molar-refractivity contribution in [2.24, 2.45) is 0 Å². The third kappa shape index (κ3) is 5.52. The molecule has 8 nitrogen and oxygen atoms in total. The number of hydrogen-bond donors (Lipinski definition) is 4. The molecule has 0 radical (unpaired) electrons. The number of halogens is 3. The largest absolute Gasteiger partial charge is 0.417 e. The average molecular weight is 485 g/mol. The highest BCUT2D eigenvalue weighted by Crippen LogP contribution is 2.33. The first kappa shape index (κ1) is 24.0. The second kappa shape index (κ2) is 10.0. The van der Waals surface area contributed by atoms with E-state index in [1.165, 1.54) is 12.1 Å². The molecule has 4 rings (SSSR count). The second-order valence-electron chi connectivity index (χ2n) is 7.81. The number of aliphatic hydroxyl groups excluding tert-OH is 1. The molecule has 1 aliphatic heterocycles. The van der Waals surface area contributed by atoms with Gasteiger partial charge in [-0.25, -0.2) is 9.78 Å². The zero-order valence-electron chi connectivity index (χ0n) is 18.4. The summed E-state index contributed by atoms with van der Waals surface area (Å²) in [4.78, 5) is 30.5. The van der Waals surface area contributed by atoms with Crippen LogP contribution in [0, 0.1) is 0 Å². The van der Waals surface area contributed by atoms with Gasteiger partial charge in [0.05, 0.1) is 17.7 Å². The number of rotatable bonds is 7. The Morgan fingerprint density at radius 3 is 2.51 bits per heavy atom. The molecule has 0 aliphatic carbocycles. The second-order valence-corrected chi connectivity index (χ2v) is 7.81. The van der Waals surface area contributed by atoms with Gasteiger partial charge >= 0.3 is 12.2 Å². The molecule has 0 saturated heterocycles. The van der Waals surface area contributed by atoms with Crippen molar-refractivity contribution >= 4 is 34.8 Å². The molecule has 0 fully saturated rings. The smallest absolute Gasteiger partial charge is 0.396 e. The topological polar surface area (TPSA) is 107 Å². The van der Waals surface area contributed by atoms with Crippen molar-refractivity contribution in [3.63, 3.8) is 0 Å². The lowest BCUT2D eigenvalue weighted by Crippen LogP contribution is -2.40. The maximum absolute atomic E-state index is 13.2. The highest BCUT2D eigenvalue weighted by molar-refractivity contribution is 6.05. The van der Waals surface area contributed by atoms with Crippen molar-refractivity contribution in [3.8, 4) is 0 Å². The van der Waals surface area contributed by atoms with Gasteiger partial charge in [-0.05, 0) is 48.9 Å². The summed E-state index contributed by atoms with van der Waals surface area (Å²) in [5, 5.41) is 17.5. The summed E-state index contributed by atoms with van der Waals surface area (Å²) >= 11 is 0. The summed E-state index contributed by atoms with van der Waals surface area (Å²) in [5.74, 6) is -0.423. The monoisotopic (exact) mass is 485 g/mol. The normalized spacial score (nSPS) is 13.1. The summed E-state index contributed by atoms with van der Waals surface area (Å²) in [6.07, 6.45) is -2.64. The Labute approximate surface area is 198 Å². The van der Waals surface area contributed by atoms with Gasteiger partial charge in [-0.1, -0.05) is 12.1 Å². The highest BCUT2D eigenvalue weighted by atomic mass is 19.4. The molecule has 0 saturated carbocycles. The van der Waals surface area contributed by atoms with Gasteiger partial charge in [0.2, 0.25) is 0 Å². The highest BCUT2D eigenvalue weighted by Gasteiger charge is 2.34. The van der Waals surface area contributed by atoms with Crippen LogP contribution in [0.4, 0.5) is 40.8 Å². The number of alkyl halides is 3. The Kier molecular flexibility index (Phi) is 6.87. The molecule has 0 bridgehead atoms. The maximum atomic E-state index is 13.2. The van der Waals surface area contributed by atoms with E-state index in [9.17, 15) is 22.8 Å². The van der Waals surface area contributed by atoms with Crippen molar-refractivity contribution in [1.82, 2.24) is 9.88 Å². The van der Waals surface area contributed by atoms with Crippen LogP contribution in [0.2, 0.25) is 0 Å². The van der Waals surface area contributed by atoms with Crippen LogP contribution in [0.15, 0.2) is 60.8 Å². The summed E-state index contributed by atoms with van der Waals surface area (Å²) in [6.45, 7) is 0.672. The minimum atomic E-state index is -4.64. The van der Waals surface area contributed by atoms with Crippen molar-refractivity contribution in [1.29, 1.82) is 0 Å². The number of carbonyl (C=O) groups excluding carboxylic acids is 2. The van der Waals surface area contributed by atoms with Crippen LogP contribution in [0.25, 0.3) is 0 Å². The third-order valence-corrected chi connectivity index (χ3v) is 5.40. The number of nitrogens with one attached hydrogen (secondary N) is 3. The van der Waals surface area contributed by atoms with Gasteiger partial charge < -0.3 is 20.6 Å². The summed E-state index contributed by atoms with van der Waals surface area (Å²) < 4.78 is 39.6. The number of urea groups is 1. The van der Waals surface area contributed by atoms with Gasteiger partial charge in [0.15, 0.2) is 0 Å². The zero-order chi connectivity index (χ0) is 25.0. The van der Waals surface area contributed by atoms with Crippen molar-refractivity contribution in [2.45, 2.75) is 19.1 Å². The lowest BCUT2D eigenvalue weighted by Gasteiger charge is -2.30. The van der Waals surface area contributed by atoms with Crippen molar-refractivity contribution in [2.75, 3.05) is 29.1 Å². The molecule has 182 valence electrons. The number of hydrogen-bond acceptors (Lipinski definition) is 5. The Morgan fingerprint density at radius 2 is 1.80 bits per heavy atom. The van der Waals surface area contributed by atoms with E-state index in [-0.39, 0.29) is 12.6 Å². The van der Waals surface area contributed by atoms with Crippen LogP contribution >= 0.6 is 0 Å². The number of benzene rings is 2. The molecule has 1 aromatic heterocycles. The Morgan fingerprint density at radius 1 is 1.09 bits per heavy atom. The number of nitrogens with zero attached hydrogens (tertiary/aromatic N) is 2. The molecule has 35 heavy (non-hydrogen) atoms. The first-order valence-corrected chi connectivity index (χ1v) is 10.8. The minimum absolute atomic E-state index is 0.0283. The molecule has 2 aromatic carbocycles. The number of anilines is 4. The molecule has 0 unspecified atom stereocenters. The number of aliphatic hydroxyl groups is 1. The van der Waals surface area contributed by atoms with Gasteiger partial charge in [0.25, 0.3) is 5.91 Å². The van der Waals surface area contributed by atoms with E-state index in [1.54, 1.807) is 41.4 Å². The number of fused-ring (bicyclic) bond motifs is 1. The lowest BCUT2D eigenvalue weighted by molar-refractivity contribution is -0.137. The van der Waals surface area contributed by atoms with E-state index < -0.39 is 23.2 Å². The molecular formula is C24H22F3N5O3. The molecular weight excluding hydrogens is 463 g/mol. The SMILES string of the molecule is O=C(Nc1ccc(Nc2ccnc3c2CN(CCCO)C(=O)N3)cc1)c1ccccc1C(F)(F)F. The number of amides is 3. The maximum Gasteiger partial charge on any atom is 0.417 e. The third-order valence-electron chi connectivity index (χ3n) is 5.40. The standard InChI is InChI=1S/C24H22F3N5O3/c25-24(26,27)19-5-2-1-4-17(19)22(34)30-16-8-6-15(7-9-16)29-20-10-11-28-21-18(20)14-32(12-3-13-33)23(35)31-21/h1-2,4-11,33H,3,12-14H2,(H,30,34)(H2,28,29,31,35). The minimum Gasteiger partial charge on any atom is -0.396 e. The predicted octanol–water partition coefficient (Wildman–Crippen LogP) is 4.83. The molecule has 11 heteroatoms.